The van der Waals surface area contributed by atoms with Crippen molar-refractivity contribution in [2.75, 3.05) is 0 Å². The first kappa shape index (κ1) is 36.0. The van der Waals surface area contributed by atoms with Gasteiger partial charge in [-0.15, -0.1) is 0 Å². The molecule has 0 fully saturated rings. The Morgan fingerprint density at radius 2 is 0.651 bits per heavy atom. The number of para-hydroxylation sites is 3. The van der Waals surface area contributed by atoms with Gasteiger partial charge in [-0.3, -0.25) is 18.5 Å². The van der Waals surface area contributed by atoms with Gasteiger partial charge in [-0.2, -0.15) is 19.9 Å². The van der Waals surface area contributed by atoms with Crippen LogP contribution in [0.15, 0.2) is 205 Å². The van der Waals surface area contributed by atoms with Crippen LogP contribution in [0, 0.1) is 0 Å². The Morgan fingerprint density at radius 3 is 1.10 bits per heavy atom. The van der Waals surface area contributed by atoms with E-state index in [0.717, 1.165) is 49.6 Å². The molecule has 0 bridgehead atoms. The number of hydrogen-bond acceptors (Lipinski definition) is 7. The molecule has 0 saturated heterocycles. The number of nitrogens with zero attached hydrogens (tertiary/aromatic N) is 9. The number of pyridine rings is 1. The first-order chi connectivity index (χ1) is 31.2. The zero-order chi connectivity index (χ0) is 41.9. The van der Waals surface area contributed by atoms with E-state index in [1.165, 1.54) is 0 Å². The number of rotatable bonds is 7. The van der Waals surface area contributed by atoms with Gasteiger partial charge in [-0.1, -0.05) is 176 Å². The molecule has 0 atom stereocenters. The highest BCUT2D eigenvalue weighted by Gasteiger charge is 2.29. The summed E-state index contributed by atoms with van der Waals surface area (Å²) in [6.45, 7) is 0. The SMILES string of the molecule is O=c1c2c(c3ccccc3n2-c2nc(-c3ccccc3)nc(-c3ccccc3)n2)c2c(c3ccccc3n2-c2nc(-c3ccccc3)nc(-c3ccccc3)n2)n1-c1ccccc1. The maximum atomic E-state index is 15.9. The van der Waals surface area contributed by atoms with E-state index in [0.29, 0.717) is 57.3 Å². The summed E-state index contributed by atoms with van der Waals surface area (Å²) < 4.78 is 5.79. The first-order valence-electron chi connectivity index (χ1n) is 20.6. The molecule has 7 aromatic carbocycles. The fraction of sp³-hybridized carbons (Fsp3) is 0. The Hall–Kier alpha value is -8.89. The predicted molar refractivity (Wildman–Crippen MR) is 249 cm³/mol. The summed E-state index contributed by atoms with van der Waals surface area (Å²) in [5.74, 6) is 2.72. The van der Waals surface area contributed by atoms with E-state index in [1.54, 1.807) is 4.57 Å². The summed E-state index contributed by atoms with van der Waals surface area (Å²) in [7, 11) is 0. The fourth-order valence-corrected chi connectivity index (χ4v) is 8.60. The molecule has 0 amide bonds. The van der Waals surface area contributed by atoms with Crippen molar-refractivity contribution in [3.8, 4) is 63.1 Å². The molecule has 10 nitrogen and oxygen atoms in total. The maximum Gasteiger partial charge on any atom is 0.280 e. The molecule has 0 unspecified atom stereocenters. The van der Waals surface area contributed by atoms with Gasteiger partial charge in [0.15, 0.2) is 23.3 Å². The van der Waals surface area contributed by atoms with E-state index >= 15 is 4.79 Å². The smallest absolute Gasteiger partial charge is 0.275 e. The average Bonchev–Trinajstić information content (AvgIpc) is 3.89. The van der Waals surface area contributed by atoms with Crippen LogP contribution in [0.5, 0.6) is 0 Å². The van der Waals surface area contributed by atoms with Crippen molar-refractivity contribution in [2.45, 2.75) is 0 Å². The molecule has 12 rings (SSSR count). The molecule has 0 radical (unpaired) electrons. The number of aromatic nitrogens is 9. The van der Waals surface area contributed by atoms with Crippen molar-refractivity contribution >= 4 is 43.7 Å². The number of benzene rings is 7. The molecule has 5 heterocycles. The van der Waals surface area contributed by atoms with Crippen LogP contribution in [0.4, 0.5) is 0 Å². The second-order valence-electron chi connectivity index (χ2n) is 15.1. The standard InChI is InChI=1S/C53H33N9O/c63-51-46-43(39-30-16-18-32-41(39)62(46)53-58-49(36-24-10-3-11-25-36)55-50(59-53)37-26-12-4-13-27-37)45-44(60(51)38-28-14-5-15-29-38)40-31-17-19-33-42(40)61(45)52-56-47(34-20-6-1-7-21-34)54-48(57-52)35-22-8-2-9-23-35/h1-33H. The monoisotopic (exact) mass is 811 g/mol. The van der Waals surface area contributed by atoms with Gasteiger partial charge >= 0.3 is 0 Å². The fourth-order valence-electron chi connectivity index (χ4n) is 8.60. The predicted octanol–water partition coefficient (Wildman–Crippen LogP) is 11.1. The second-order valence-corrected chi connectivity index (χ2v) is 15.1. The van der Waals surface area contributed by atoms with Crippen molar-refractivity contribution in [3.63, 3.8) is 0 Å². The summed E-state index contributed by atoms with van der Waals surface area (Å²) in [6.07, 6.45) is 0. The van der Waals surface area contributed by atoms with Crippen molar-refractivity contribution in [2.24, 2.45) is 0 Å². The molecule has 10 heteroatoms. The summed E-state index contributed by atoms with van der Waals surface area (Å²) >= 11 is 0. The zero-order valence-electron chi connectivity index (χ0n) is 33.5. The highest BCUT2D eigenvalue weighted by Crippen LogP contribution is 2.41. The van der Waals surface area contributed by atoms with Crippen LogP contribution < -0.4 is 5.56 Å². The molecule has 0 aliphatic heterocycles. The van der Waals surface area contributed by atoms with E-state index < -0.39 is 0 Å². The van der Waals surface area contributed by atoms with Crippen LogP contribution in [-0.4, -0.2) is 43.6 Å². The highest BCUT2D eigenvalue weighted by atomic mass is 16.1. The second kappa shape index (κ2) is 14.7. The van der Waals surface area contributed by atoms with E-state index in [4.69, 9.17) is 29.9 Å². The van der Waals surface area contributed by atoms with Gasteiger partial charge in [0, 0.05) is 44.1 Å². The Balaban J connectivity index is 1.28. The molecule has 12 aromatic rings. The Labute approximate surface area is 359 Å². The topological polar surface area (TPSA) is 109 Å². The Bertz CT molecular complexity index is 3620. The summed E-state index contributed by atoms with van der Waals surface area (Å²) in [6, 6.07) is 65.5. The first-order valence-corrected chi connectivity index (χ1v) is 20.6. The summed E-state index contributed by atoms with van der Waals surface area (Å²) in [4.78, 5) is 46.7. The third kappa shape index (κ3) is 5.92. The van der Waals surface area contributed by atoms with Crippen molar-refractivity contribution in [1.29, 1.82) is 0 Å². The summed E-state index contributed by atoms with van der Waals surface area (Å²) in [5, 5.41) is 2.40. The maximum absolute atomic E-state index is 15.9. The number of fused-ring (bicyclic) bond motifs is 7. The molecule has 0 saturated carbocycles. The van der Waals surface area contributed by atoms with Crippen molar-refractivity contribution in [3.05, 3.63) is 211 Å². The van der Waals surface area contributed by atoms with Gasteiger partial charge in [0.25, 0.3) is 5.56 Å². The molecule has 5 aromatic heterocycles. The van der Waals surface area contributed by atoms with Crippen LogP contribution in [0.3, 0.4) is 0 Å². The lowest BCUT2D eigenvalue weighted by molar-refractivity contribution is 0.938. The van der Waals surface area contributed by atoms with E-state index in [2.05, 4.69) is 22.8 Å². The number of hydrogen-bond donors (Lipinski definition) is 0. The zero-order valence-corrected chi connectivity index (χ0v) is 33.5. The Morgan fingerprint density at radius 1 is 0.302 bits per heavy atom. The largest absolute Gasteiger partial charge is 0.280 e. The van der Waals surface area contributed by atoms with Gasteiger partial charge in [-0.25, -0.2) is 9.97 Å². The molecule has 0 N–H and O–H groups in total. The van der Waals surface area contributed by atoms with Crippen LogP contribution in [0.2, 0.25) is 0 Å². The molecular formula is C53H33N9O. The van der Waals surface area contributed by atoms with Crippen molar-refractivity contribution < 1.29 is 0 Å². The highest BCUT2D eigenvalue weighted by molar-refractivity contribution is 6.25. The molecular weight excluding hydrogens is 779 g/mol. The third-order valence-electron chi connectivity index (χ3n) is 11.4. The molecule has 0 spiro atoms. The average molecular weight is 812 g/mol. The lowest BCUT2D eigenvalue weighted by atomic mass is 10.1. The minimum Gasteiger partial charge on any atom is -0.275 e. The minimum atomic E-state index is -0.240. The summed E-state index contributed by atoms with van der Waals surface area (Å²) in [5.41, 5.74) is 7.22. The van der Waals surface area contributed by atoms with Gasteiger partial charge in [0.2, 0.25) is 11.9 Å². The van der Waals surface area contributed by atoms with E-state index in [9.17, 15) is 0 Å². The van der Waals surface area contributed by atoms with E-state index in [1.807, 2.05) is 187 Å². The van der Waals surface area contributed by atoms with Gasteiger partial charge in [0.05, 0.1) is 22.1 Å². The molecule has 0 aliphatic carbocycles. The normalized spacial score (nSPS) is 11.6. The Kier molecular flexibility index (Phi) is 8.39. The van der Waals surface area contributed by atoms with Crippen LogP contribution in [0.25, 0.3) is 107 Å². The van der Waals surface area contributed by atoms with Crippen LogP contribution in [0.1, 0.15) is 0 Å². The van der Waals surface area contributed by atoms with E-state index in [-0.39, 0.29) is 5.56 Å². The molecule has 63 heavy (non-hydrogen) atoms. The minimum absolute atomic E-state index is 0.240. The quantitative estimate of drug-likeness (QED) is 0.158. The van der Waals surface area contributed by atoms with Gasteiger partial charge < -0.3 is 0 Å². The molecule has 296 valence electrons. The van der Waals surface area contributed by atoms with Crippen LogP contribution in [-0.2, 0) is 0 Å². The lowest BCUT2D eigenvalue weighted by Crippen LogP contribution is -2.22. The van der Waals surface area contributed by atoms with Gasteiger partial charge in [0.1, 0.15) is 5.52 Å². The van der Waals surface area contributed by atoms with Crippen molar-refractivity contribution in [1.82, 2.24) is 43.6 Å². The lowest BCUT2D eigenvalue weighted by Gasteiger charge is -2.14. The van der Waals surface area contributed by atoms with Crippen LogP contribution >= 0.6 is 0 Å². The molecule has 0 aliphatic rings. The van der Waals surface area contributed by atoms with Gasteiger partial charge in [-0.05, 0) is 24.3 Å². The third-order valence-corrected chi connectivity index (χ3v) is 11.4.